The van der Waals surface area contributed by atoms with Gasteiger partial charge in [0.2, 0.25) is 0 Å². The highest BCUT2D eigenvalue weighted by Crippen LogP contribution is 2.22. The zero-order valence-corrected chi connectivity index (χ0v) is 8.04. The molecular weight excluding hydrogens is 169 g/mol. The normalized spacial score (nSPS) is 11.1. The van der Waals surface area contributed by atoms with Crippen LogP contribution in [0, 0.1) is 0 Å². The van der Waals surface area contributed by atoms with Gasteiger partial charge in [-0.1, -0.05) is 41.9 Å². The second-order valence-corrected chi connectivity index (χ2v) is 3.67. The van der Waals surface area contributed by atoms with Crippen LogP contribution >= 0.6 is 0 Å². The lowest BCUT2D eigenvalue weighted by Gasteiger charge is -1.93. The molecule has 1 aromatic heterocycles. The Labute approximate surface area is 83.2 Å². The van der Waals surface area contributed by atoms with E-state index in [1.165, 1.54) is 27.3 Å². The lowest BCUT2D eigenvalue weighted by molar-refractivity contribution is 1.56. The van der Waals surface area contributed by atoms with Crippen LogP contribution in [0.4, 0.5) is 0 Å². The van der Waals surface area contributed by atoms with Crippen molar-refractivity contribution < 1.29 is 0 Å². The van der Waals surface area contributed by atoms with Crippen LogP contribution in [0.1, 0.15) is 0 Å². The number of fused-ring (bicyclic) bond motifs is 3. The van der Waals surface area contributed by atoms with Crippen molar-refractivity contribution in [2.75, 3.05) is 0 Å². The highest BCUT2D eigenvalue weighted by atomic mass is 14.7. The maximum atomic E-state index is 3.45. The van der Waals surface area contributed by atoms with Crippen molar-refractivity contribution in [2.45, 2.75) is 0 Å². The molecule has 1 nitrogen and oxygen atoms in total. The number of nitrogens with one attached hydrogen (secondary N) is 1. The fourth-order valence-electron chi connectivity index (χ4n) is 2.02. The predicted molar refractivity (Wildman–Crippen MR) is 64.0 cm³/mol. The summed E-state index contributed by atoms with van der Waals surface area (Å²) >= 11 is 0. The van der Waals surface area contributed by atoms with Crippen molar-refractivity contribution >= 4 is 35.1 Å². The quantitative estimate of drug-likeness (QED) is 0.504. The van der Waals surface area contributed by atoms with Crippen molar-refractivity contribution in [1.82, 2.24) is 4.98 Å². The first-order chi connectivity index (χ1) is 6.86. The summed E-state index contributed by atoms with van der Waals surface area (Å²) in [7, 11) is 2.14. The van der Waals surface area contributed by atoms with Gasteiger partial charge in [0.15, 0.2) is 0 Å². The van der Waals surface area contributed by atoms with Crippen LogP contribution in [0.3, 0.4) is 0 Å². The van der Waals surface area contributed by atoms with E-state index in [0.717, 1.165) is 0 Å². The molecule has 0 radical (unpaired) electrons. The summed E-state index contributed by atoms with van der Waals surface area (Å²) in [5.74, 6) is 0. The van der Waals surface area contributed by atoms with Crippen LogP contribution in [0.25, 0.3) is 21.8 Å². The molecule has 2 aromatic carbocycles. The van der Waals surface area contributed by atoms with E-state index in [4.69, 9.17) is 0 Å². The molecule has 0 spiro atoms. The average Bonchev–Trinajstić information content (AvgIpc) is 2.59. The molecular formula is C12H10BN. The van der Waals surface area contributed by atoms with Crippen molar-refractivity contribution in [2.24, 2.45) is 0 Å². The van der Waals surface area contributed by atoms with Gasteiger partial charge in [-0.05, 0) is 6.07 Å². The Hall–Kier alpha value is -1.70. The molecule has 2 heteroatoms. The molecule has 66 valence electrons. The molecule has 0 unspecified atom stereocenters. The summed E-state index contributed by atoms with van der Waals surface area (Å²) in [6, 6.07) is 14.8. The Bertz CT molecular complexity index is 610. The fourth-order valence-corrected chi connectivity index (χ4v) is 2.02. The second kappa shape index (κ2) is 2.64. The maximum absolute atomic E-state index is 3.45. The molecule has 0 aliphatic carbocycles. The topological polar surface area (TPSA) is 15.8 Å². The van der Waals surface area contributed by atoms with Crippen LogP contribution in [0.2, 0.25) is 0 Å². The number of aromatic amines is 1. The molecule has 0 aliphatic heterocycles. The number of hydrogen-bond donors (Lipinski definition) is 1. The Morgan fingerprint density at radius 2 is 1.64 bits per heavy atom. The monoisotopic (exact) mass is 179 g/mol. The average molecular weight is 179 g/mol. The lowest BCUT2D eigenvalue weighted by Crippen LogP contribution is -2.01. The summed E-state index contributed by atoms with van der Waals surface area (Å²) in [5.41, 5.74) is 3.78. The molecule has 0 amide bonds. The lowest BCUT2D eigenvalue weighted by atomic mass is 9.94. The zero-order chi connectivity index (χ0) is 9.54. The molecule has 0 saturated carbocycles. The van der Waals surface area contributed by atoms with Gasteiger partial charge in [-0.25, -0.2) is 0 Å². The van der Waals surface area contributed by atoms with Crippen LogP contribution < -0.4 is 5.46 Å². The zero-order valence-electron chi connectivity index (χ0n) is 8.04. The van der Waals surface area contributed by atoms with Gasteiger partial charge >= 0.3 is 0 Å². The molecule has 1 heterocycles. The van der Waals surface area contributed by atoms with E-state index in [1.54, 1.807) is 0 Å². The van der Waals surface area contributed by atoms with Crippen molar-refractivity contribution in [1.29, 1.82) is 0 Å². The van der Waals surface area contributed by atoms with E-state index < -0.39 is 0 Å². The molecule has 14 heavy (non-hydrogen) atoms. The SMILES string of the molecule is Bc1cccc2c1[nH]c1ccccc12. The van der Waals surface area contributed by atoms with E-state index >= 15 is 0 Å². The van der Waals surface area contributed by atoms with Gasteiger partial charge in [-0.2, -0.15) is 0 Å². The smallest absolute Gasteiger partial charge is 0.142 e. The minimum atomic E-state index is 1.22. The van der Waals surface area contributed by atoms with E-state index in [9.17, 15) is 0 Å². The number of hydrogen-bond acceptors (Lipinski definition) is 0. The minimum Gasteiger partial charge on any atom is -0.355 e. The van der Waals surface area contributed by atoms with Gasteiger partial charge in [-0.3, -0.25) is 0 Å². The summed E-state index contributed by atoms with van der Waals surface area (Å²) < 4.78 is 0. The number of rotatable bonds is 0. The molecule has 3 aromatic rings. The highest BCUT2D eigenvalue weighted by Gasteiger charge is 2.03. The van der Waals surface area contributed by atoms with Gasteiger partial charge < -0.3 is 4.98 Å². The molecule has 0 atom stereocenters. The van der Waals surface area contributed by atoms with Gasteiger partial charge in [0.05, 0.1) is 0 Å². The molecule has 3 rings (SSSR count). The Morgan fingerprint density at radius 3 is 2.57 bits per heavy atom. The number of benzene rings is 2. The summed E-state index contributed by atoms with van der Waals surface area (Å²) in [6.07, 6.45) is 0. The van der Waals surface area contributed by atoms with E-state index in [0.29, 0.717) is 0 Å². The molecule has 1 N–H and O–H groups in total. The van der Waals surface area contributed by atoms with Gasteiger partial charge in [-0.15, -0.1) is 0 Å². The Morgan fingerprint density at radius 1 is 0.857 bits per heavy atom. The first-order valence-corrected chi connectivity index (χ1v) is 4.82. The summed E-state index contributed by atoms with van der Waals surface area (Å²) in [5, 5.41) is 2.63. The van der Waals surface area contributed by atoms with Crippen LogP contribution in [-0.2, 0) is 0 Å². The summed E-state index contributed by atoms with van der Waals surface area (Å²) in [4.78, 5) is 3.45. The Balaban J connectivity index is 2.63. The molecule has 0 fully saturated rings. The second-order valence-electron chi connectivity index (χ2n) is 3.67. The van der Waals surface area contributed by atoms with Crippen molar-refractivity contribution in [3.05, 3.63) is 42.5 Å². The van der Waals surface area contributed by atoms with Gasteiger partial charge in [0, 0.05) is 21.8 Å². The van der Waals surface area contributed by atoms with Crippen molar-refractivity contribution in [3.8, 4) is 0 Å². The molecule has 0 saturated heterocycles. The Kier molecular flexibility index (Phi) is 1.45. The summed E-state index contributed by atoms with van der Waals surface area (Å²) in [6.45, 7) is 0. The molecule has 0 bridgehead atoms. The third kappa shape index (κ3) is 0.910. The number of para-hydroxylation sites is 2. The standard InChI is InChI=1S/C12H10BN/c13-10-6-3-5-9-8-4-1-2-7-11(8)14-12(9)10/h1-7,14H,13H2. The first kappa shape index (κ1) is 7.68. The predicted octanol–water partition coefficient (Wildman–Crippen LogP) is 1.58. The number of aromatic nitrogens is 1. The highest BCUT2D eigenvalue weighted by molar-refractivity contribution is 6.39. The third-order valence-corrected chi connectivity index (χ3v) is 2.75. The van der Waals surface area contributed by atoms with Crippen LogP contribution in [0.5, 0.6) is 0 Å². The van der Waals surface area contributed by atoms with Crippen LogP contribution in [-0.4, -0.2) is 12.8 Å². The maximum Gasteiger partial charge on any atom is 0.142 e. The fraction of sp³-hybridized carbons (Fsp3) is 0. The van der Waals surface area contributed by atoms with E-state index in [1.807, 2.05) is 0 Å². The van der Waals surface area contributed by atoms with Gasteiger partial charge in [0.1, 0.15) is 7.85 Å². The van der Waals surface area contributed by atoms with Crippen molar-refractivity contribution in [3.63, 3.8) is 0 Å². The van der Waals surface area contributed by atoms with Gasteiger partial charge in [0.25, 0.3) is 0 Å². The third-order valence-electron chi connectivity index (χ3n) is 2.75. The first-order valence-electron chi connectivity index (χ1n) is 4.82. The number of H-pyrrole nitrogens is 1. The molecule has 0 aliphatic rings. The van der Waals surface area contributed by atoms with Crippen LogP contribution in [0.15, 0.2) is 42.5 Å². The van der Waals surface area contributed by atoms with E-state index in [2.05, 4.69) is 55.3 Å². The van der Waals surface area contributed by atoms with E-state index in [-0.39, 0.29) is 0 Å². The largest absolute Gasteiger partial charge is 0.355 e. The minimum absolute atomic E-state index is 1.22.